The smallest absolute Gasteiger partial charge is 0.358 e. The minimum absolute atomic E-state index is 0. The molecule has 1 amide bonds. The Morgan fingerprint density at radius 3 is 2.27 bits per heavy atom. The monoisotopic (exact) mass is 432 g/mol. The number of halogens is 1. The van der Waals surface area contributed by atoms with Gasteiger partial charge in [0, 0.05) is 31.6 Å². The second-order valence-corrected chi connectivity index (χ2v) is 7.57. The van der Waals surface area contributed by atoms with E-state index in [1.807, 2.05) is 17.0 Å². The third-order valence-electron chi connectivity index (χ3n) is 5.90. The van der Waals surface area contributed by atoms with E-state index >= 15 is 0 Å². The van der Waals surface area contributed by atoms with Crippen molar-refractivity contribution in [2.45, 2.75) is 6.04 Å². The zero-order valence-corrected chi connectivity index (χ0v) is 18.0. The zero-order chi connectivity index (χ0) is 20.5. The summed E-state index contributed by atoms with van der Waals surface area (Å²) < 4.78 is 9.88. The predicted molar refractivity (Wildman–Crippen MR) is 112 cm³/mol. The van der Waals surface area contributed by atoms with Gasteiger partial charge in [-0.2, -0.15) is 0 Å². The highest BCUT2D eigenvalue weighted by atomic mass is 35.5. The number of aromatic nitrogens is 2. The fraction of sp³-hybridized carbons (Fsp3) is 0.429. The molecule has 4 rings (SSSR count). The molecule has 2 aliphatic heterocycles. The van der Waals surface area contributed by atoms with Crippen LogP contribution in [0.15, 0.2) is 36.7 Å². The Morgan fingerprint density at radius 2 is 1.67 bits per heavy atom. The molecule has 0 bridgehead atoms. The number of amides is 1. The Kier molecular flexibility index (Phi) is 6.58. The van der Waals surface area contributed by atoms with Crippen LogP contribution in [0.25, 0.3) is 0 Å². The summed E-state index contributed by atoms with van der Waals surface area (Å²) in [5, 5.41) is 0. The minimum atomic E-state index is -0.572. The lowest BCUT2D eigenvalue weighted by Gasteiger charge is -2.27. The molecule has 1 aromatic heterocycles. The topological polar surface area (TPSA) is 84.9 Å². The molecular formula is C21H25ClN4O4. The first kappa shape index (κ1) is 22.0. The molecule has 0 aliphatic carbocycles. The summed E-state index contributed by atoms with van der Waals surface area (Å²) in [6, 6.07) is 8.42. The molecule has 3 atom stereocenters. The number of fused-ring (bicyclic) bond motifs is 1. The summed E-state index contributed by atoms with van der Waals surface area (Å²) in [5.41, 5.74) is 1.56. The number of hydrogen-bond acceptors (Lipinski definition) is 7. The van der Waals surface area contributed by atoms with Gasteiger partial charge in [0.05, 0.1) is 26.6 Å². The van der Waals surface area contributed by atoms with E-state index in [2.05, 4.69) is 38.8 Å². The summed E-state index contributed by atoms with van der Waals surface area (Å²) in [6.07, 6.45) is 2.62. The van der Waals surface area contributed by atoms with Gasteiger partial charge in [-0.25, -0.2) is 14.8 Å². The quantitative estimate of drug-likeness (QED) is 0.683. The maximum Gasteiger partial charge on any atom is 0.358 e. The standard InChI is InChI=1S/C21H24N4O4.ClH/c1-24-10-14-11-25(20(26)17-8-23-18(9-22-17)21(27)29-3)12-16(14)19(24)13-4-6-15(28-2)7-5-13;/h4-9,14,16,19H,10-12H2,1-3H3;1H/t14-,16+,19-;/m0./s1. The van der Waals surface area contributed by atoms with Crippen LogP contribution in [0.1, 0.15) is 32.6 Å². The summed E-state index contributed by atoms with van der Waals surface area (Å²) in [5.74, 6) is 0.887. The van der Waals surface area contributed by atoms with Gasteiger partial charge in [-0.1, -0.05) is 12.1 Å². The maximum absolute atomic E-state index is 12.9. The molecule has 0 radical (unpaired) electrons. The van der Waals surface area contributed by atoms with Gasteiger partial charge in [0.25, 0.3) is 5.91 Å². The van der Waals surface area contributed by atoms with Gasteiger partial charge in [0.2, 0.25) is 0 Å². The van der Waals surface area contributed by atoms with Crippen molar-refractivity contribution in [1.29, 1.82) is 0 Å². The highest BCUT2D eigenvalue weighted by Gasteiger charge is 2.47. The second-order valence-electron chi connectivity index (χ2n) is 7.57. The number of methoxy groups -OCH3 is 2. The molecule has 2 saturated heterocycles. The van der Waals surface area contributed by atoms with Crippen LogP contribution in [0.5, 0.6) is 5.75 Å². The molecule has 9 heteroatoms. The van der Waals surface area contributed by atoms with Gasteiger partial charge in [-0.3, -0.25) is 9.69 Å². The van der Waals surface area contributed by atoms with Gasteiger partial charge < -0.3 is 14.4 Å². The summed E-state index contributed by atoms with van der Waals surface area (Å²) in [4.78, 5) is 36.7. The van der Waals surface area contributed by atoms with Crippen molar-refractivity contribution >= 4 is 24.3 Å². The second kappa shape index (κ2) is 8.97. The number of carbonyl (C=O) groups excluding carboxylic acids is 2. The Morgan fingerprint density at radius 1 is 1.00 bits per heavy atom. The highest BCUT2D eigenvalue weighted by Crippen LogP contribution is 2.44. The number of hydrogen-bond donors (Lipinski definition) is 0. The first-order chi connectivity index (χ1) is 14.0. The van der Waals surface area contributed by atoms with Gasteiger partial charge in [-0.15, -0.1) is 12.4 Å². The number of benzene rings is 1. The fourth-order valence-electron chi connectivity index (χ4n) is 4.54. The number of nitrogens with zero attached hydrogens (tertiary/aromatic N) is 4. The van der Waals surface area contributed by atoms with Gasteiger partial charge >= 0.3 is 5.97 Å². The van der Waals surface area contributed by atoms with Crippen molar-refractivity contribution in [3.63, 3.8) is 0 Å². The number of likely N-dealkylation sites (tertiary alicyclic amines) is 2. The fourth-order valence-corrected chi connectivity index (χ4v) is 4.54. The Balaban J connectivity index is 0.00000256. The lowest BCUT2D eigenvalue weighted by molar-refractivity contribution is 0.0592. The van der Waals surface area contributed by atoms with E-state index in [9.17, 15) is 9.59 Å². The van der Waals surface area contributed by atoms with E-state index in [0.29, 0.717) is 24.9 Å². The molecule has 1 aromatic carbocycles. The van der Waals surface area contributed by atoms with Crippen molar-refractivity contribution in [2.75, 3.05) is 40.9 Å². The SMILES string of the molecule is COC(=O)c1cnc(C(=O)N2C[C@@H]3CN(C)[C@@H](c4ccc(OC)cc4)[C@@H]3C2)cn1.Cl. The maximum atomic E-state index is 12.9. The first-order valence-electron chi connectivity index (χ1n) is 9.55. The highest BCUT2D eigenvalue weighted by molar-refractivity contribution is 5.93. The Labute approximate surface area is 181 Å². The summed E-state index contributed by atoms with van der Waals surface area (Å²) >= 11 is 0. The van der Waals surface area contributed by atoms with Crippen molar-refractivity contribution < 1.29 is 19.1 Å². The number of esters is 1. The van der Waals surface area contributed by atoms with Crippen LogP contribution >= 0.6 is 12.4 Å². The molecule has 30 heavy (non-hydrogen) atoms. The molecule has 2 aliphatic rings. The van der Waals surface area contributed by atoms with Gasteiger partial charge in [0.15, 0.2) is 5.69 Å². The van der Waals surface area contributed by atoms with Crippen LogP contribution in [-0.2, 0) is 4.74 Å². The van der Waals surface area contributed by atoms with Crippen LogP contribution < -0.4 is 4.74 Å². The number of rotatable bonds is 4. The Bertz CT molecular complexity index is 906. The minimum Gasteiger partial charge on any atom is -0.497 e. The van der Waals surface area contributed by atoms with Gasteiger partial charge in [-0.05, 0) is 30.7 Å². The van der Waals surface area contributed by atoms with Crippen molar-refractivity contribution in [3.8, 4) is 5.75 Å². The normalized spacial score (nSPS) is 22.9. The van der Waals surface area contributed by atoms with E-state index in [4.69, 9.17) is 4.74 Å². The van der Waals surface area contributed by atoms with Crippen molar-refractivity contribution in [2.24, 2.45) is 11.8 Å². The van der Waals surface area contributed by atoms with Crippen LogP contribution in [0, 0.1) is 11.8 Å². The van der Waals surface area contributed by atoms with Crippen molar-refractivity contribution in [1.82, 2.24) is 19.8 Å². The zero-order valence-electron chi connectivity index (χ0n) is 17.1. The molecule has 0 N–H and O–H groups in total. The number of carbonyl (C=O) groups is 2. The molecule has 2 fully saturated rings. The third kappa shape index (κ3) is 3.97. The molecule has 0 spiro atoms. The molecule has 2 aromatic rings. The third-order valence-corrected chi connectivity index (χ3v) is 5.90. The average Bonchev–Trinajstić information content (AvgIpc) is 3.29. The van der Waals surface area contributed by atoms with E-state index in [1.54, 1.807) is 7.11 Å². The average molecular weight is 433 g/mol. The molecule has 160 valence electrons. The molecule has 3 heterocycles. The van der Waals surface area contributed by atoms with E-state index in [0.717, 1.165) is 12.3 Å². The van der Waals surface area contributed by atoms with Crippen LogP contribution in [-0.4, -0.2) is 72.5 Å². The summed E-state index contributed by atoms with van der Waals surface area (Å²) in [7, 11) is 5.08. The summed E-state index contributed by atoms with van der Waals surface area (Å²) in [6.45, 7) is 2.31. The lowest BCUT2D eigenvalue weighted by atomic mass is 9.89. The van der Waals surface area contributed by atoms with E-state index in [1.165, 1.54) is 25.1 Å². The molecular weight excluding hydrogens is 408 g/mol. The molecule has 8 nitrogen and oxygen atoms in total. The van der Waals surface area contributed by atoms with Crippen molar-refractivity contribution in [3.05, 3.63) is 53.6 Å². The van der Waals surface area contributed by atoms with E-state index in [-0.39, 0.29) is 35.7 Å². The molecule has 0 unspecified atom stereocenters. The van der Waals surface area contributed by atoms with Crippen LogP contribution in [0.3, 0.4) is 0 Å². The first-order valence-corrected chi connectivity index (χ1v) is 9.55. The predicted octanol–water partition coefficient (Wildman–Crippen LogP) is 2.07. The van der Waals surface area contributed by atoms with E-state index < -0.39 is 5.97 Å². The largest absolute Gasteiger partial charge is 0.497 e. The lowest BCUT2D eigenvalue weighted by Crippen LogP contribution is -2.34. The Hall–Kier alpha value is -2.71. The van der Waals surface area contributed by atoms with Crippen LogP contribution in [0.4, 0.5) is 0 Å². The number of ether oxygens (including phenoxy) is 2. The van der Waals surface area contributed by atoms with Gasteiger partial charge in [0.1, 0.15) is 11.4 Å². The molecule has 0 saturated carbocycles. The van der Waals surface area contributed by atoms with Crippen LogP contribution in [0.2, 0.25) is 0 Å².